The largest absolute Gasteiger partial charge is 0.854 e. The average molecular weight is 247 g/mol. The van der Waals surface area contributed by atoms with E-state index in [0.29, 0.717) is 5.69 Å². The molecule has 0 radical (unpaired) electrons. The fourth-order valence-electron chi connectivity index (χ4n) is 1.76. The van der Waals surface area contributed by atoms with Crippen LogP contribution in [0, 0.1) is 13.8 Å². The highest BCUT2D eigenvalue weighted by molar-refractivity contribution is 5.88. The van der Waals surface area contributed by atoms with Crippen molar-refractivity contribution in [2.45, 2.75) is 13.8 Å². The third kappa shape index (κ3) is 2.32. The number of hydrogen-bond donors (Lipinski definition) is 1. The van der Waals surface area contributed by atoms with Crippen LogP contribution in [0.25, 0.3) is 0 Å². The number of hydrogen-bond acceptors (Lipinski definition) is 4. The van der Waals surface area contributed by atoms with E-state index < -0.39 is 11.5 Å². The molecule has 1 heterocycles. The lowest BCUT2D eigenvalue weighted by Crippen LogP contribution is -2.43. The minimum absolute atomic E-state index is 0.130. The average Bonchev–Trinajstić information content (AvgIpc) is 2.56. The number of aromatic amines is 1. The summed E-state index contributed by atoms with van der Waals surface area (Å²) < 4.78 is 5.71. The van der Waals surface area contributed by atoms with Crippen LogP contribution in [0.1, 0.15) is 16.8 Å². The number of rotatable bonds is 2. The first-order valence-corrected chi connectivity index (χ1v) is 5.39. The molecule has 0 atom stereocenters. The van der Waals surface area contributed by atoms with Crippen LogP contribution in [-0.2, 0) is 7.05 Å². The molecule has 6 heteroatoms. The van der Waals surface area contributed by atoms with E-state index in [9.17, 15) is 9.90 Å². The summed E-state index contributed by atoms with van der Waals surface area (Å²) in [5.74, 6) is -0.627. The fraction of sp³-hybridized carbons (Fsp3) is 0.250. The second kappa shape index (κ2) is 4.48. The predicted octanol–water partition coefficient (Wildman–Crippen LogP) is -0.152. The maximum atomic E-state index is 11.9. The van der Waals surface area contributed by atoms with E-state index in [1.54, 1.807) is 12.1 Å². The molecule has 0 unspecified atom stereocenters. The van der Waals surface area contributed by atoms with Crippen molar-refractivity contribution in [2.24, 2.45) is 12.0 Å². The molecular formula is C12H13N3O3. The molecule has 2 aromatic rings. The van der Waals surface area contributed by atoms with Gasteiger partial charge in [-0.2, -0.15) is 0 Å². The van der Waals surface area contributed by atoms with Gasteiger partial charge in [0.15, 0.2) is 7.05 Å². The lowest BCUT2D eigenvalue weighted by atomic mass is 10.1. The number of nitrogens with one attached hydrogen (secondary N) is 1. The Labute approximate surface area is 103 Å². The van der Waals surface area contributed by atoms with Crippen LogP contribution in [0.3, 0.4) is 0 Å². The van der Waals surface area contributed by atoms with E-state index in [2.05, 4.69) is 14.8 Å². The van der Waals surface area contributed by atoms with Crippen molar-refractivity contribution < 1.29 is 14.3 Å². The van der Waals surface area contributed by atoms with Gasteiger partial charge in [0.25, 0.3) is 0 Å². The van der Waals surface area contributed by atoms with Gasteiger partial charge in [-0.1, -0.05) is 10.7 Å². The highest BCUT2D eigenvalue weighted by atomic mass is 16.5. The van der Waals surface area contributed by atoms with Gasteiger partial charge in [0.1, 0.15) is 0 Å². The fourth-order valence-corrected chi connectivity index (χ4v) is 1.76. The molecule has 0 aliphatic rings. The van der Waals surface area contributed by atoms with E-state index in [1.165, 1.54) is 11.7 Å². The molecule has 0 aliphatic carbocycles. The molecule has 18 heavy (non-hydrogen) atoms. The van der Waals surface area contributed by atoms with Gasteiger partial charge in [-0.15, -0.1) is 0 Å². The molecule has 0 aliphatic heterocycles. The molecule has 0 saturated carbocycles. The summed E-state index contributed by atoms with van der Waals surface area (Å²) >= 11 is 0. The minimum Gasteiger partial charge on any atom is -0.854 e. The van der Waals surface area contributed by atoms with Gasteiger partial charge in [-0.25, -0.2) is 4.79 Å². The van der Waals surface area contributed by atoms with E-state index in [4.69, 9.17) is 0 Å². The Morgan fingerprint density at radius 3 is 2.44 bits per heavy atom. The molecule has 0 bridgehead atoms. The van der Waals surface area contributed by atoms with Crippen molar-refractivity contribution in [1.82, 2.24) is 5.27 Å². The van der Waals surface area contributed by atoms with Crippen molar-refractivity contribution in [3.8, 4) is 0 Å². The highest BCUT2D eigenvalue weighted by Crippen LogP contribution is 2.16. The molecule has 0 saturated heterocycles. The van der Waals surface area contributed by atoms with Crippen molar-refractivity contribution in [3.63, 3.8) is 0 Å². The van der Waals surface area contributed by atoms with Crippen LogP contribution < -0.4 is 15.4 Å². The molecule has 94 valence electrons. The Balaban J connectivity index is 2.48. The Kier molecular flexibility index (Phi) is 3.01. The summed E-state index contributed by atoms with van der Waals surface area (Å²) in [6, 6.07) is 5.53. The molecule has 0 spiro atoms. The molecule has 0 fully saturated rings. The van der Waals surface area contributed by atoms with Gasteiger partial charge in [-0.3, -0.25) is 9.52 Å². The first-order valence-electron chi connectivity index (χ1n) is 5.39. The molecule has 1 N–H and O–H groups in total. The summed E-state index contributed by atoms with van der Waals surface area (Å²) in [5.41, 5.74) is 1.68. The van der Waals surface area contributed by atoms with Gasteiger partial charge in [0, 0.05) is 0 Å². The van der Waals surface area contributed by atoms with Gasteiger partial charge in [0.2, 0.25) is 0 Å². The summed E-state index contributed by atoms with van der Waals surface area (Å²) in [7, 11) is 1.51. The molecule has 0 amide bonds. The number of aliphatic imine (C=N–C) groups is 1. The van der Waals surface area contributed by atoms with Gasteiger partial charge >= 0.3 is 11.3 Å². The first-order chi connectivity index (χ1) is 8.47. The van der Waals surface area contributed by atoms with Crippen LogP contribution in [0.5, 0.6) is 0 Å². The normalized spacial score (nSPS) is 11.8. The lowest BCUT2D eigenvalue weighted by Gasteiger charge is -2.05. The second-order valence-corrected chi connectivity index (χ2v) is 4.15. The topological polar surface area (TPSA) is 85.3 Å². The number of aryl methyl sites for hydroxylation is 3. The standard InChI is InChI=1S/C12H13N3O3/c1-7-4-8(2)6-9(5-7)13-11(16)10-12(17)18-14-15(10)3/h4-6H,1-3H3,(H-,13,14,16,17). The van der Waals surface area contributed by atoms with Crippen molar-refractivity contribution in [3.05, 3.63) is 45.4 Å². The zero-order chi connectivity index (χ0) is 13.3. The molecule has 6 nitrogen and oxygen atoms in total. The van der Waals surface area contributed by atoms with Crippen molar-refractivity contribution >= 4 is 11.6 Å². The summed E-state index contributed by atoms with van der Waals surface area (Å²) in [5, 5.41) is 14.1. The van der Waals surface area contributed by atoms with Crippen molar-refractivity contribution in [1.29, 1.82) is 0 Å². The summed E-state index contributed by atoms with van der Waals surface area (Å²) in [6.45, 7) is 3.84. The van der Waals surface area contributed by atoms with E-state index in [-0.39, 0.29) is 5.69 Å². The lowest BCUT2D eigenvalue weighted by molar-refractivity contribution is -0.742. The van der Waals surface area contributed by atoms with Gasteiger partial charge in [0.05, 0.1) is 11.6 Å². The van der Waals surface area contributed by atoms with Crippen molar-refractivity contribution in [2.75, 3.05) is 0 Å². The minimum atomic E-state index is -0.726. The maximum absolute atomic E-state index is 11.9. The van der Waals surface area contributed by atoms with E-state index in [0.717, 1.165) is 11.1 Å². The Morgan fingerprint density at radius 2 is 1.94 bits per heavy atom. The molecular weight excluding hydrogens is 234 g/mol. The number of benzene rings is 1. The third-order valence-electron chi connectivity index (χ3n) is 2.44. The molecule has 1 aromatic carbocycles. The van der Waals surface area contributed by atoms with Crippen LogP contribution in [0.2, 0.25) is 0 Å². The number of H-pyrrole nitrogens is 1. The maximum Gasteiger partial charge on any atom is 0.435 e. The van der Waals surface area contributed by atoms with E-state index in [1.807, 2.05) is 19.9 Å². The summed E-state index contributed by atoms with van der Waals surface area (Å²) in [6.07, 6.45) is 0. The van der Waals surface area contributed by atoms with E-state index >= 15 is 0 Å². The Morgan fingerprint density at radius 1 is 1.33 bits per heavy atom. The van der Waals surface area contributed by atoms with Crippen LogP contribution in [-0.4, -0.2) is 11.2 Å². The monoisotopic (exact) mass is 247 g/mol. The zero-order valence-corrected chi connectivity index (χ0v) is 10.4. The Hall–Kier alpha value is -2.37. The van der Waals surface area contributed by atoms with Gasteiger partial charge < -0.3 is 5.11 Å². The first kappa shape index (κ1) is 12.1. The predicted molar refractivity (Wildman–Crippen MR) is 62.6 cm³/mol. The number of aromatic nitrogens is 2. The molecule has 1 aromatic heterocycles. The Bertz CT molecular complexity index is 647. The van der Waals surface area contributed by atoms with Crippen LogP contribution in [0.15, 0.2) is 32.5 Å². The molecule has 2 rings (SSSR count). The second-order valence-electron chi connectivity index (χ2n) is 4.15. The van der Waals surface area contributed by atoms with Crippen LogP contribution >= 0.6 is 0 Å². The summed E-state index contributed by atoms with van der Waals surface area (Å²) in [4.78, 5) is 15.2. The van der Waals surface area contributed by atoms with Crippen LogP contribution in [0.4, 0.5) is 5.69 Å². The SMILES string of the molecule is Cc1cc(C)cc(N=C([O-])c2c(=O)o[nH][n+]2C)c1. The third-order valence-corrected chi connectivity index (χ3v) is 2.44. The van der Waals surface area contributed by atoms with Gasteiger partial charge in [-0.05, 0) is 42.4 Å². The smallest absolute Gasteiger partial charge is 0.435 e. The number of nitrogens with zero attached hydrogens (tertiary/aromatic N) is 2. The zero-order valence-electron chi connectivity index (χ0n) is 10.4. The quantitative estimate of drug-likeness (QED) is 0.455. The highest BCUT2D eigenvalue weighted by Gasteiger charge is 2.17.